The van der Waals surface area contributed by atoms with Crippen LogP contribution in [0.1, 0.15) is 18.6 Å². The van der Waals surface area contributed by atoms with Gasteiger partial charge in [-0.3, -0.25) is 0 Å². The standard InChI is InChI=1S/C13H11ClFNOS/c1-8(17)11-6-10(15)3-4-12(11)18-13-5-2-9(14)7-16-13/h2-8,17H,1H3. The first-order chi connectivity index (χ1) is 8.56. The van der Waals surface area contributed by atoms with Crippen molar-refractivity contribution in [3.05, 3.63) is 52.9 Å². The van der Waals surface area contributed by atoms with Gasteiger partial charge in [0.1, 0.15) is 10.8 Å². The lowest BCUT2D eigenvalue weighted by Gasteiger charge is -2.11. The highest BCUT2D eigenvalue weighted by atomic mass is 35.5. The van der Waals surface area contributed by atoms with Crippen molar-refractivity contribution >= 4 is 23.4 Å². The summed E-state index contributed by atoms with van der Waals surface area (Å²) < 4.78 is 13.1. The second kappa shape index (κ2) is 5.69. The predicted octanol–water partition coefficient (Wildman–Crippen LogP) is 4.08. The molecule has 2 nitrogen and oxygen atoms in total. The van der Waals surface area contributed by atoms with Gasteiger partial charge in [0.2, 0.25) is 0 Å². The smallest absolute Gasteiger partial charge is 0.123 e. The Bertz CT molecular complexity index is 545. The number of pyridine rings is 1. The fraction of sp³-hybridized carbons (Fsp3) is 0.154. The number of aliphatic hydroxyl groups excluding tert-OH is 1. The molecular weight excluding hydrogens is 273 g/mol. The van der Waals surface area contributed by atoms with Crippen LogP contribution in [0.4, 0.5) is 4.39 Å². The van der Waals surface area contributed by atoms with Gasteiger partial charge in [-0.2, -0.15) is 0 Å². The number of benzene rings is 1. The molecule has 5 heteroatoms. The van der Waals surface area contributed by atoms with E-state index < -0.39 is 6.10 Å². The van der Waals surface area contributed by atoms with E-state index in [0.717, 1.165) is 9.92 Å². The average Bonchev–Trinajstić information content (AvgIpc) is 2.34. The molecule has 1 aromatic heterocycles. The molecule has 18 heavy (non-hydrogen) atoms. The van der Waals surface area contributed by atoms with Crippen LogP contribution >= 0.6 is 23.4 Å². The van der Waals surface area contributed by atoms with Crippen molar-refractivity contribution in [3.63, 3.8) is 0 Å². The molecule has 0 aliphatic heterocycles. The van der Waals surface area contributed by atoms with Crippen LogP contribution < -0.4 is 0 Å². The molecule has 1 heterocycles. The average molecular weight is 284 g/mol. The number of rotatable bonds is 3. The molecule has 0 fully saturated rings. The van der Waals surface area contributed by atoms with Crippen LogP contribution in [0.3, 0.4) is 0 Å². The maximum atomic E-state index is 13.1. The van der Waals surface area contributed by atoms with Crippen LogP contribution in [0.5, 0.6) is 0 Å². The van der Waals surface area contributed by atoms with Gasteiger partial charge in [0.15, 0.2) is 0 Å². The molecule has 0 aliphatic rings. The number of nitrogens with zero attached hydrogens (tertiary/aromatic N) is 1. The third-order valence-corrected chi connectivity index (χ3v) is 3.60. The fourth-order valence-corrected chi connectivity index (χ4v) is 2.54. The van der Waals surface area contributed by atoms with E-state index in [-0.39, 0.29) is 5.82 Å². The first kappa shape index (κ1) is 13.3. The van der Waals surface area contributed by atoms with E-state index in [1.54, 1.807) is 31.3 Å². The van der Waals surface area contributed by atoms with Crippen LogP contribution in [0.2, 0.25) is 5.02 Å². The summed E-state index contributed by atoms with van der Waals surface area (Å²) in [5, 5.41) is 10.9. The Hall–Kier alpha value is -1.10. The molecule has 2 aromatic rings. The Morgan fingerprint density at radius 1 is 1.33 bits per heavy atom. The van der Waals surface area contributed by atoms with E-state index in [4.69, 9.17) is 11.6 Å². The number of halogens is 2. The Morgan fingerprint density at radius 2 is 2.11 bits per heavy atom. The molecule has 0 saturated heterocycles. The van der Waals surface area contributed by atoms with Crippen molar-refractivity contribution in [2.24, 2.45) is 0 Å². The van der Waals surface area contributed by atoms with E-state index in [1.165, 1.54) is 23.9 Å². The van der Waals surface area contributed by atoms with Crippen molar-refractivity contribution in [3.8, 4) is 0 Å². The molecule has 1 atom stereocenters. The first-order valence-electron chi connectivity index (χ1n) is 5.33. The normalized spacial score (nSPS) is 12.4. The van der Waals surface area contributed by atoms with Gasteiger partial charge >= 0.3 is 0 Å². The third kappa shape index (κ3) is 3.22. The monoisotopic (exact) mass is 283 g/mol. The summed E-state index contributed by atoms with van der Waals surface area (Å²) in [5.74, 6) is -0.362. The Balaban J connectivity index is 2.31. The Labute approximate surface area is 114 Å². The molecule has 0 bridgehead atoms. The lowest BCUT2D eigenvalue weighted by Crippen LogP contribution is -1.95. The number of hydrogen-bond donors (Lipinski definition) is 1. The molecule has 0 aliphatic carbocycles. The van der Waals surface area contributed by atoms with Gasteiger partial charge in [0, 0.05) is 11.1 Å². The summed E-state index contributed by atoms with van der Waals surface area (Å²) in [5.41, 5.74) is 0.553. The van der Waals surface area contributed by atoms with Crippen molar-refractivity contribution in [2.45, 2.75) is 22.9 Å². The van der Waals surface area contributed by atoms with E-state index in [9.17, 15) is 9.50 Å². The van der Waals surface area contributed by atoms with Crippen molar-refractivity contribution in [2.75, 3.05) is 0 Å². The minimum Gasteiger partial charge on any atom is -0.389 e. The minimum atomic E-state index is -0.726. The van der Waals surface area contributed by atoms with E-state index in [2.05, 4.69) is 4.98 Å². The maximum absolute atomic E-state index is 13.1. The van der Waals surface area contributed by atoms with Gasteiger partial charge in [-0.15, -0.1) is 0 Å². The van der Waals surface area contributed by atoms with Gasteiger partial charge in [-0.1, -0.05) is 23.4 Å². The molecular formula is C13H11ClFNOS. The van der Waals surface area contributed by atoms with Crippen LogP contribution in [-0.4, -0.2) is 10.1 Å². The molecule has 0 saturated carbocycles. The first-order valence-corrected chi connectivity index (χ1v) is 6.52. The lowest BCUT2D eigenvalue weighted by atomic mass is 10.1. The van der Waals surface area contributed by atoms with Gasteiger partial charge in [0.05, 0.1) is 11.1 Å². The quantitative estimate of drug-likeness (QED) is 0.921. The van der Waals surface area contributed by atoms with Gasteiger partial charge in [-0.05, 0) is 42.8 Å². The highest BCUT2D eigenvalue weighted by molar-refractivity contribution is 7.99. The molecule has 94 valence electrons. The zero-order valence-corrected chi connectivity index (χ0v) is 11.2. The van der Waals surface area contributed by atoms with Gasteiger partial charge < -0.3 is 5.11 Å². The topological polar surface area (TPSA) is 33.1 Å². The summed E-state index contributed by atoms with van der Waals surface area (Å²) in [7, 11) is 0. The SMILES string of the molecule is CC(O)c1cc(F)ccc1Sc1ccc(Cl)cn1. The molecule has 0 spiro atoms. The zero-order valence-electron chi connectivity index (χ0n) is 9.60. The van der Waals surface area contributed by atoms with Crippen molar-refractivity contribution < 1.29 is 9.50 Å². The van der Waals surface area contributed by atoms with E-state index in [0.29, 0.717) is 10.6 Å². The Kier molecular flexibility index (Phi) is 4.22. The highest BCUT2D eigenvalue weighted by Gasteiger charge is 2.11. The summed E-state index contributed by atoms with van der Waals surface area (Å²) in [6.45, 7) is 1.61. The predicted molar refractivity (Wildman–Crippen MR) is 70.4 cm³/mol. The molecule has 1 N–H and O–H groups in total. The zero-order chi connectivity index (χ0) is 13.1. The number of aromatic nitrogens is 1. The minimum absolute atomic E-state index is 0.362. The van der Waals surface area contributed by atoms with Crippen LogP contribution in [0.25, 0.3) is 0 Å². The lowest BCUT2D eigenvalue weighted by molar-refractivity contribution is 0.196. The number of aliphatic hydroxyl groups is 1. The second-order valence-electron chi connectivity index (χ2n) is 3.77. The van der Waals surface area contributed by atoms with Crippen LogP contribution in [0.15, 0.2) is 46.5 Å². The molecule has 0 radical (unpaired) electrons. The number of hydrogen-bond acceptors (Lipinski definition) is 3. The second-order valence-corrected chi connectivity index (χ2v) is 5.27. The Morgan fingerprint density at radius 3 is 2.72 bits per heavy atom. The van der Waals surface area contributed by atoms with E-state index >= 15 is 0 Å². The van der Waals surface area contributed by atoms with Crippen LogP contribution in [0, 0.1) is 5.82 Å². The van der Waals surface area contributed by atoms with Crippen LogP contribution in [-0.2, 0) is 0 Å². The summed E-state index contributed by atoms with van der Waals surface area (Å²) >= 11 is 7.12. The van der Waals surface area contributed by atoms with E-state index in [1.807, 2.05) is 0 Å². The summed E-state index contributed by atoms with van der Waals surface area (Å²) in [6.07, 6.45) is 0.825. The van der Waals surface area contributed by atoms with Crippen molar-refractivity contribution in [1.82, 2.24) is 4.98 Å². The summed E-state index contributed by atoms with van der Waals surface area (Å²) in [4.78, 5) is 4.93. The molecule has 1 aromatic carbocycles. The fourth-order valence-electron chi connectivity index (χ4n) is 1.47. The molecule has 0 amide bonds. The van der Waals surface area contributed by atoms with Gasteiger partial charge in [0.25, 0.3) is 0 Å². The highest BCUT2D eigenvalue weighted by Crippen LogP contribution is 2.33. The van der Waals surface area contributed by atoms with Gasteiger partial charge in [-0.25, -0.2) is 9.37 Å². The maximum Gasteiger partial charge on any atom is 0.123 e. The largest absolute Gasteiger partial charge is 0.389 e. The van der Waals surface area contributed by atoms with Crippen molar-refractivity contribution in [1.29, 1.82) is 0 Å². The molecule has 2 rings (SSSR count). The molecule has 1 unspecified atom stereocenters. The third-order valence-electron chi connectivity index (χ3n) is 2.34. The summed E-state index contributed by atoms with van der Waals surface area (Å²) in [6, 6.07) is 7.86.